The number of thiazole rings is 1. The van der Waals surface area contributed by atoms with E-state index in [1.807, 2.05) is 48.5 Å². The summed E-state index contributed by atoms with van der Waals surface area (Å²) in [4.78, 5) is 17.8. The van der Waals surface area contributed by atoms with Gasteiger partial charge in [-0.15, -0.1) is 5.10 Å². The summed E-state index contributed by atoms with van der Waals surface area (Å²) < 4.78 is 19.3. The first-order valence-corrected chi connectivity index (χ1v) is 11.0. The van der Waals surface area contributed by atoms with E-state index in [2.05, 4.69) is 10.1 Å². The molecule has 0 fully saturated rings. The predicted molar refractivity (Wildman–Crippen MR) is 120 cm³/mol. The molecule has 3 aromatic heterocycles. The third-order valence-electron chi connectivity index (χ3n) is 5.02. The second kappa shape index (κ2) is 7.51. The summed E-state index contributed by atoms with van der Waals surface area (Å²) in [7, 11) is 0. The number of para-hydroxylation sites is 2. The zero-order valence-electron chi connectivity index (χ0n) is 16.4. The van der Waals surface area contributed by atoms with Crippen LogP contribution < -0.4 is 19.6 Å². The van der Waals surface area contributed by atoms with Gasteiger partial charge in [-0.3, -0.25) is 4.79 Å². The average Bonchev–Trinajstić information content (AvgIpc) is 3.52. The first-order chi connectivity index (χ1) is 15.6. The maximum Gasteiger partial charge on any atom is 0.291 e. The molecule has 158 valence electrons. The van der Waals surface area contributed by atoms with Crippen LogP contribution in [0.15, 0.2) is 69.9 Å². The normalized spacial score (nSPS) is 16.0. The third kappa shape index (κ3) is 3.34. The Bertz CT molecular complexity index is 1550. The van der Waals surface area contributed by atoms with Crippen molar-refractivity contribution in [1.29, 1.82) is 0 Å². The molecule has 0 saturated carbocycles. The minimum atomic E-state index is -0.476. The smallest absolute Gasteiger partial charge is 0.291 e. The van der Waals surface area contributed by atoms with Crippen molar-refractivity contribution in [2.24, 2.45) is 0 Å². The molecule has 1 unspecified atom stereocenters. The molecule has 2 aromatic carbocycles. The van der Waals surface area contributed by atoms with Crippen molar-refractivity contribution in [3.63, 3.8) is 0 Å². The molecular weight excluding hydrogens is 450 g/mol. The van der Waals surface area contributed by atoms with Crippen molar-refractivity contribution in [3.05, 3.63) is 92.2 Å². The first-order valence-electron chi connectivity index (χ1n) is 9.79. The summed E-state index contributed by atoms with van der Waals surface area (Å²) in [6.45, 7) is 0.280. The third-order valence-corrected chi connectivity index (χ3v) is 6.23. The van der Waals surface area contributed by atoms with E-state index in [0.29, 0.717) is 43.4 Å². The Labute approximate surface area is 190 Å². The predicted octanol–water partition coefficient (Wildman–Crippen LogP) is 4.12. The van der Waals surface area contributed by atoms with Crippen LogP contribution in [0.4, 0.5) is 0 Å². The van der Waals surface area contributed by atoms with Gasteiger partial charge in [-0.1, -0.05) is 35.1 Å². The number of nitrogens with zero attached hydrogens (tertiary/aromatic N) is 3. The van der Waals surface area contributed by atoms with Gasteiger partial charge in [0.2, 0.25) is 4.96 Å². The molecule has 1 aliphatic heterocycles. The lowest BCUT2D eigenvalue weighted by Gasteiger charge is -2.24. The zero-order chi connectivity index (χ0) is 21.7. The summed E-state index contributed by atoms with van der Waals surface area (Å²) in [5, 5.41) is 5.03. The standard InChI is InChI=1S/C23H14ClN3O4S/c24-14-7-5-13(6-8-14)16-10-9-15(30-16)11-20-22(28)27-23(32-20)25-21(26-27)19-12-29-17-3-1-2-4-18(17)31-19/h1-11,19H,12H2/b20-11-. The van der Waals surface area contributed by atoms with E-state index in [1.54, 1.807) is 18.2 Å². The first kappa shape index (κ1) is 19.1. The Hall–Kier alpha value is -3.62. The van der Waals surface area contributed by atoms with Crippen molar-refractivity contribution >= 4 is 34.0 Å². The number of benzene rings is 2. The molecule has 1 atom stereocenters. The van der Waals surface area contributed by atoms with E-state index in [9.17, 15) is 4.79 Å². The van der Waals surface area contributed by atoms with Gasteiger partial charge >= 0.3 is 0 Å². The maximum atomic E-state index is 12.9. The van der Waals surface area contributed by atoms with Crippen molar-refractivity contribution < 1.29 is 13.9 Å². The van der Waals surface area contributed by atoms with E-state index >= 15 is 0 Å². The molecule has 0 bridgehead atoms. The van der Waals surface area contributed by atoms with E-state index in [-0.39, 0.29) is 12.2 Å². The van der Waals surface area contributed by atoms with Crippen molar-refractivity contribution in [1.82, 2.24) is 14.6 Å². The van der Waals surface area contributed by atoms with Gasteiger partial charge in [-0.25, -0.2) is 0 Å². The lowest BCUT2D eigenvalue weighted by molar-refractivity contribution is 0.0852. The number of ether oxygens (including phenoxy) is 2. The lowest BCUT2D eigenvalue weighted by atomic mass is 10.2. The minimum absolute atomic E-state index is 0.259. The molecule has 0 radical (unpaired) electrons. The maximum absolute atomic E-state index is 12.9. The summed E-state index contributed by atoms with van der Waals surface area (Å²) in [5.41, 5.74) is 0.644. The average molecular weight is 464 g/mol. The number of hydrogen-bond acceptors (Lipinski definition) is 7. The van der Waals surface area contributed by atoms with Crippen LogP contribution >= 0.6 is 22.9 Å². The number of aromatic nitrogens is 3. The number of halogens is 1. The zero-order valence-corrected chi connectivity index (χ0v) is 18.0. The van der Waals surface area contributed by atoms with Crippen molar-refractivity contribution in [2.45, 2.75) is 6.10 Å². The van der Waals surface area contributed by atoms with E-state index in [4.69, 9.17) is 25.5 Å². The summed E-state index contributed by atoms with van der Waals surface area (Å²) in [6, 6.07) is 18.5. The van der Waals surface area contributed by atoms with E-state index in [1.165, 1.54) is 15.9 Å². The Morgan fingerprint density at radius 2 is 1.88 bits per heavy atom. The number of furan rings is 1. The van der Waals surface area contributed by atoms with Gasteiger partial charge in [-0.05, 0) is 48.5 Å². The molecule has 4 heterocycles. The van der Waals surface area contributed by atoms with E-state index < -0.39 is 6.10 Å². The Morgan fingerprint density at radius 3 is 2.69 bits per heavy atom. The highest BCUT2D eigenvalue weighted by atomic mass is 35.5. The Balaban J connectivity index is 1.30. The quantitative estimate of drug-likeness (QED) is 0.400. The van der Waals surface area contributed by atoms with Gasteiger partial charge in [0.05, 0.1) is 0 Å². The Kier molecular flexibility index (Phi) is 4.48. The van der Waals surface area contributed by atoms with Gasteiger partial charge in [0, 0.05) is 16.7 Å². The highest BCUT2D eigenvalue weighted by molar-refractivity contribution is 7.15. The number of rotatable bonds is 3. The van der Waals surface area contributed by atoms with Crippen LogP contribution in [0.2, 0.25) is 5.02 Å². The molecule has 0 amide bonds. The molecule has 7 nitrogen and oxygen atoms in total. The topological polar surface area (TPSA) is 78.9 Å². The molecular formula is C23H14ClN3O4S. The molecule has 6 rings (SSSR count). The second-order valence-corrected chi connectivity index (χ2v) is 8.60. The fourth-order valence-electron chi connectivity index (χ4n) is 3.46. The van der Waals surface area contributed by atoms with Crippen LogP contribution in [0.1, 0.15) is 17.7 Å². The second-order valence-electron chi connectivity index (χ2n) is 7.15. The Morgan fingerprint density at radius 1 is 1.06 bits per heavy atom. The number of hydrogen-bond donors (Lipinski definition) is 0. The molecule has 0 saturated heterocycles. The summed E-state index contributed by atoms with van der Waals surface area (Å²) in [5.74, 6) is 2.99. The van der Waals surface area contributed by atoms with Crippen LogP contribution in [0.3, 0.4) is 0 Å². The van der Waals surface area contributed by atoms with Crippen LogP contribution in [0.5, 0.6) is 11.5 Å². The van der Waals surface area contributed by atoms with Crippen LogP contribution in [-0.4, -0.2) is 21.2 Å². The molecule has 0 aliphatic carbocycles. The van der Waals surface area contributed by atoms with Crippen molar-refractivity contribution in [3.8, 4) is 22.8 Å². The highest BCUT2D eigenvalue weighted by Crippen LogP contribution is 2.35. The van der Waals surface area contributed by atoms with Crippen molar-refractivity contribution in [2.75, 3.05) is 6.61 Å². The van der Waals surface area contributed by atoms with Gasteiger partial charge < -0.3 is 13.9 Å². The molecule has 9 heteroatoms. The molecule has 32 heavy (non-hydrogen) atoms. The summed E-state index contributed by atoms with van der Waals surface area (Å²) in [6.07, 6.45) is 1.22. The summed E-state index contributed by atoms with van der Waals surface area (Å²) >= 11 is 7.18. The molecule has 5 aromatic rings. The SMILES string of the molecule is O=c1/c(=C/c2ccc(-c3ccc(Cl)cc3)o2)sc2nc(C3COc4ccccc4O3)nn12. The van der Waals surface area contributed by atoms with Gasteiger partial charge in [0.15, 0.2) is 23.4 Å². The monoisotopic (exact) mass is 463 g/mol. The van der Waals surface area contributed by atoms with Gasteiger partial charge in [-0.2, -0.15) is 9.50 Å². The van der Waals surface area contributed by atoms with Gasteiger partial charge in [0.25, 0.3) is 5.56 Å². The van der Waals surface area contributed by atoms with Crippen LogP contribution in [0.25, 0.3) is 22.4 Å². The number of fused-ring (bicyclic) bond motifs is 2. The fourth-order valence-corrected chi connectivity index (χ4v) is 4.48. The molecule has 1 aliphatic rings. The minimum Gasteiger partial charge on any atom is -0.485 e. The van der Waals surface area contributed by atoms with E-state index in [0.717, 1.165) is 5.56 Å². The largest absolute Gasteiger partial charge is 0.485 e. The fraction of sp³-hybridized carbons (Fsp3) is 0.0870. The van der Waals surface area contributed by atoms with Crippen LogP contribution in [0, 0.1) is 0 Å². The van der Waals surface area contributed by atoms with Gasteiger partial charge in [0.1, 0.15) is 22.7 Å². The highest BCUT2D eigenvalue weighted by Gasteiger charge is 2.27. The van der Waals surface area contributed by atoms with Crippen LogP contribution in [-0.2, 0) is 0 Å². The molecule has 0 spiro atoms. The molecule has 0 N–H and O–H groups in total. The lowest BCUT2D eigenvalue weighted by Crippen LogP contribution is -2.26.